The van der Waals surface area contributed by atoms with Crippen molar-refractivity contribution in [1.29, 1.82) is 0 Å². The van der Waals surface area contributed by atoms with Crippen molar-refractivity contribution in [3.8, 4) is 0 Å². The van der Waals surface area contributed by atoms with E-state index in [0.717, 1.165) is 42.4 Å². The Labute approximate surface area is 195 Å². The lowest BCUT2D eigenvalue weighted by atomic mass is 10.2. The second kappa shape index (κ2) is 9.34. The largest absolute Gasteiger partial charge is 0.324 e. The minimum Gasteiger partial charge on any atom is -0.324 e. The summed E-state index contributed by atoms with van der Waals surface area (Å²) < 4.78 is 29.0. The number of thioether (sulfide) groups is 1. The third-order valence-corrected chi connectivity index (χ3v) is 8.16. The van der Waals surface area contributed by atoms with Gasteiger partial charge in [-0.2, -0.15) is 9.29 Å². The van der Waals surface area contributed by atoms with Crippen LogP contribution in [-0.4, -0.2) is 57.1 Å². The van der Waals surface area contributed by atoms with Crippen LogP contribution in [0.25, 0.3) is 5.78 Å². The van der Waals surface area contributed by atoms with Gasteiger partial charge in [0.2, 0.25) is 21.1 Å². The van der Waals surface area contributed by atoms with Gasteiger partial charge in [-0.3, -0.25) is 4.79 Å². The van der Waals surface area contributed by atoms with Crippen molar-refractivity contribution in [1.82, 2.24) is 23.9 Å². The molecule has 1 amide bonds. The Hall–Kier alpha value is -2.21. The number of piperidine rings is 1. The molecule has 1 N–H and O–H groups in total. The number of carbonyl (C=O) groups is 1. The van der Waals surface area contributed by atoms with Crippen molar-refractivity contribution < 1.29 is 13.2 Å². The summed E-state index contributed by atoms with van der Waals surface area (Å²) in [6, 6.07) is 6.26. The molecule has 1 aromatic carbocycles. The number of aryl methyl sites for hydroxylation is 2. The van der Waals surface area contributed by atoms with Crippen LogP contribution in [0, 0.1) is 13.8 Å². The Bertz CT molecular complexity index is 1270. The number of hydrogen-bond donors (Lipinski definition) is 1. The lowest BCUT2D eigenvalue weighted by molar-refractivity contribution is -0.113. The van der Waals surface area contributed by atoms with E-state index in [-0.39, 0.29) is 27.3 Å². The van der Waals surface area contributed by atoms with Gasteiger partial charge in [0, 0.05) is 24.5 Å². The monoisotopic (exact) mass is 494 g/mol. The van der Waals surface area contributed by atoms with E-state index in [0.29, 0.717) is 24.0 Å². The van der Waals surface area contributed by atoms with Crippen molar-refractivity contribution in [3.63, 3.8) is 0 Å². The number of benzene rings is 1. The van der Waals surface area contributed by atoms with Crippen molar-refractivity contribution in [2.75, 3.05) is 24.2 Å². The molecule has 1 fully saturated rings. The normalized spacial score (nSPS) is 15.2. The number of sulfonamides is 1. The van der Waals surface area contributed by atoms with E-state index in [1.165, 1.54) is 22.5 Å². The molecule has 32 heavy (non-hydrogen) atoms. The molecular weight excluding hydrogens is 472 g/mol. The van der Waals surface area contributed by atoms with Crippen LogP contribution in [0.15, 0.2) is 34.3 Å². The highest BCUT2D eigenvalue weighted by Gasteiger charge is 2.26. The van der Waals surface area contributed by atoms with E-state index in [2.05, 4.69) is 20.4 Å². The number of nitrogens with zero attached hydrogens (tertiary/aromatic N) is 5. The van der Waals surface area contributed by atoms with E-state index in [4.69, 9.17) is 11.6 Å². The van der Waals surface area contributed by atoms with Crippen LogP contribution in [-0.2, 0) is 14.8 Å². The zero-order chi connectivity index (χ0) is 22.9. The molecule has 170 valence electrons. The average molecular weight is 495 g/mol. The van der Waals surface area contributed by atoms with E-state index in [9.17, 15) is 13.2 Å². The quantitative estimate of drug-likeness (QED) is 0.523. The fourth-order valence-electron chi connectivity index (χ4n) is 3.54. The molecule has 1 aliphatic heterocycles. The van der Waals surface area contributed by atoms with Crippen LogP contribution in [0.5, 0.6) is 0 Å². The Morgan fingerprint density at radius 2 is 1.91 bits per heavy atom. The first-order valence-electron chi connectivity index (χ1n) is 10.2. The Kier molecular flexibility index (Phi) is 6.70. The number of amides is 1. The summed E-state index contributed by atoms with van der Waals surface area (Å²) in [7, 11) is -3.63. The zero-order valence-electron chi connectivity index (χ0n) is 17.7. The first-order chi connectivity index (χ1) is 15.2. The molecule has 0 radical (unpaired) electrons. The topological polar surface area (TPSA) is 110 Å². The number of fused-ring (bicyclic) bond motifs is 1. The molecule has 1 aliphatic rings. The fraction of sp³-hybridized carbons (Fsp3) is 0.400. The van der Waals surface area contributed by atoms with Crippen LogP contribution in [0.2, 0.25) is 5.02 Å². The van der Waals surface area contributed by atoms with Crippen molar-refractivity contribution in [2.45, 2.75) is 43.2 Å². The van der Waals surface area contributed by atoms with Crippen LogP contribution < -0.4 is 5.32 Å². The summed E-state index contributed by atoms with van der Waals surface area (Å²) in [5, 5.41) is 7.75. The standard InChI is InChI=1S/C20H23ClN6O3S2/c1-13-10-14(2)27-19(22-13)24-20(25-27)31-12-18(28)23-17-11-15(6-7-16(17)21)32(29,30)26-8-4-3-5-9-26/h6-7,10-11H,3-5,8-9,12H2,1-2H3,(H,23,28). The van der Waals surface area contributed by atoms with Crippen molar-refractivity contribution in [3.05, 3.63) is 40.7 Å². The van der Waals surface area contributed by atoms with Gasteiger partial charge in [0.25, 0.3) is 5.78 Å². The molecule has 9 nitrogen and oxygen atoms in total. The van der Waals surface area contributed by atoms with Gasteiger partial charge in [-0.25, -0.2) is 17.9 Å². The Morgan fingerprint density at radius 1 is 1.16 bits per heavy atom. The fourth-order valence-corrected chi connectivity index (χ4v) is 5.87. The molecule has 3 heterocycles. The number of anilines is 1. The number of hydrogen-bond acceptors (Lipinski definition) is 7. The molecule has 0 unspecified atom stereocenters. The first-order valence-corrected chi connectivity index (χ1v) is 13.0. The summed E-state index contributed by atoms with van der Waals surface area (Å²) in [6.45, 7) is 4.79. The van der Waals surface area contributed by atoms with Gasteiger partial charge in [0.05, 0.1) is 21.4 Å². The maximum atomic E-state index is 12.9. The highest BCUT2D eigenvalue weighted by atomic mass is 35.5. The molecule has 2 aromatic heterocycles. The van der Waals surface area contributed by atoms with Crippen LogP contribution in [0.1, 0.15) is 30.7 Å². The summed E-state index contributed by atoms with van der Waals surface area (Å²) >= 11 is 7.37. The molecule has 4 rings (SSSR count). The van der Waals surface area contributed by atoms with Gasteiger partial charge >= 0.3 is 0 Å². The molecule has 0 bridgehead atoms. The van der Waals surface area contributed by atoms with Crippen LogP contribution in [0.3, 0.4) is 0 Å². The first kappa shape index (κ1) is 23.0. The Morgan fingerprint density at radius 3 is 2.66 bits per heavy atom. The zero-order valence-corrected chi connectivity index (χ0v) is 20.1. The van der Waals surface area contributed by atoms with E-state index in [1.807, 2.05) is 19.9 Å². The van der Waals surface area contributed by atoms with Crippen molar-refractivity contribution >= 4 is 50.8 Å². The third kappa shape index (κ3) is 4.90. The smallest absolute Gasteiger partial charge is 0.253 e. The number of aromatic nitrogens is 4. The highest BCUT2D eigenvalue weighted by Crippen LogP contribution is 2.28. The van der Waals surface area contributed by atoms with Crippen LogP contribution in [0.4, 0.5) is 5.69 Å². The lowest BCUT2D eigenvalue weighted by Gasteiger charge is -2.26. The summed E-state index contributed by atoms with van der Waals surface area (Å²) in [5.41, 5.74) is 1.99. The molecule has 0 atom stereocenters. The van der Waals surface area contributed by atoms with Crippen molar-refractivity contribution in [2.24, 2.45) is 0 Å². The maximum absolute atomic E-state index is 12.9. The van der Waals surface area contributed by atoms with E-state index >= 15 is 0 Å². The predicted molar refractivity (Wildman–Crippen MR) is 124 cm³/mol. The van der Waals surface area contributed by atoms with E-state index < -0.39 is 10.0 Å². The molecule has 0 aliphatic carbocycles. The molecule has 1 saturated heterocycles. The SMILES string of the molecule is Cc1cc(C)n2nc(SCC(=O)Nc3cc(S(=O)(=O)N4CCCCC4)ccc3Cl)nc2n1. The van der Waals surface area contributed by atoms with Gasteiger partial charge in [-0.15, -0.1) is 5.10 Å². The van der Waals surface area contributed by atoms with Gasteiger partial charge < -0.3 is 5.32 Å². The molecular formula is C20H23ClN6O3S2. The van der Waals surface area contributed by atoms with Crippen LogP contribution >= 0.6 is 23.4 Å². The Balaban J connectivity index is 1.45. The van der Waals surface area contributed by atoms with Gasteiger partial charge in [0.15, 0.2) is 0 Å². The number of carbonyl (C=O) groups excluding carboxylic acids is 1. The third-order valence-electron chi connectivity index (χ3n) is 5.10. The molecule has 12 heteroatoms. The average Bonchev–Trinajstić information content (AvgIpc) is 3.17. The van der Waals surface area contributed by atoms with Gasteiger partial charge in [0.1, 0.15) is 0 Å². The van der Waals surface area contributed by atoms with Gasteiger partial charge in [-0.05, 0) is 51.0 Å². The minimum atomic E-state index is -3.63. The lowest BCUT2D eigenvalue weighted by Crippen LogP contribution is -2.35. The summed E-state index contributed by atoms with van der Waals surface area (Å²) in [4.78, 5) is 21.3. The summed E-state index contributed by atoms with van der Waals surface area (Å²) in [6.07, 6.45) is 2.72. The van der Waals surface area contributed by atoms with E-state index in [1.54, 1.807) is 4.52 Å². The maximum Gasteiger partial charge on any atom is 0.253 e. The summed E-state index contributed by atoms with van der Waals surface area (Å²) in [5.74, 6) is 0.169. The predicted octanol–water partition coefficient (Wildman–Crippen LogP) is 3.30. The molecule has 3 aromatic rings. The number of nitrogens with one attached hydrogen (secondary N) is 1. The number of halogens is 1. The second-order valence-corrected chi connectivity index (χ2v) is 10.9. The molecule has 0 spiro atoms. The minimum absolute atomic E-state index is 0.0361. The molecule has 0 saturated carbocycles. The second-order valence-electron chi connectivity index (χ2n) is 7.59. The highest BCUT2D eigenvalue weighted by molar-refractivity contribution is 7.99. The number of rotatable bonds is 6. The van der Waals surface area contributed by atoms with Gasteiger partial charge in [-0.1, -0.05) is 29.8 Å².